The van der Waals surface area contributed by atoms with Gasteiger partial charge in [-0.1, -0.05) is 30.4 Å². The summed E-state index contributed by atoms with van der Waals surface area (Å²) >= 11 is 1.52. The summed E-state index contributed by atoms with van der Waals surface area (Å²) in [6, 6.07) is 11.3. The molecule has 4 rings (SSSR count). The molecule has 0 unspecified atom stereocenters. The van der Waals surface area contributed by atoms with Crippen LogP contribution in [0, 0.1) is 5.92 Å². The number of rotatable bonds is 6. The van der Waals surface area contributed by atoms with Crippen LogP contribution in [-0.2, 0) is 4.79 Å². The van der Waals surface area contributed by atoms with Crippen molar-refractivity contribution in [3.05, 3.63) is 47.9 Å². The van der Waals surface area contributed by atoms with Crippen LogP contribution >= 0.6 is 11.3 Å². The average molecular weight is 368 g/mol. The first-order chi connectivity index (χ1) is 12.6. The van der Waals surface area contributed by atoms with Crippen molar-refractivity contribution in [2.45, 2.75) is 32.2 Å². The van der Waals surface area contributed by atoms with Crippen LogP contribution in [0.25, 0.3) is 10.2 Å². The van der Waals surface area contributed by atoms with Crippen molar-refractivity contribution >= 4 is 38.8 Å². The van der Waals surface area contributed by atoms with Gasteiger partial charge in [0.15, 0.2) is 5.13 Å². The van der Waals surface area contributed by atoms with E-state index in [4.69, 9.17) is 4.42 Å². The Labute approximate surface area is 155 Å². The van der Waals surface area contributed by atoms with Gasteiger partial charge in [0.1, 0.15) is 17.6 Å². The quantitative estimate of drug-likeness (QED) is 0.510. The van der Waals surface area contributed by atoms with Gasteiger partial charge in [0, 0.05) is 5.92 Å². The molecule has 2 heterocycles. The summed E-state index contributed by atoms with van der Waals surface area (Å²) in [6.07, 6.45) is 2.70. The van der Waals surface area contributed by atoms with Gasteiger partial charge >= 0.3 is 0 Å². The highest BCUT2D eigenvalue weighted by Gasteiger charge is 2.36. The third-order valence-corrected chi connectivity index (χ3v) is 5.48. The van der Waals surface area contributed by atoms with Crippen molar-refractivity contribution in [1.82, 2.24) is 10.4 Å². The second kappa shape index (κ2) is 6.92. The number of carbonyl (C=O) groups is 1. The molecule has 0 saturated heterocycles. The first kappa shape index (κ1) is 16.8. The fraction of sp³-hybridized carbons (Fsp3) is 0.316. The molecule has 1 aliphatic carbocycles. The Hall–Kier alpha value is -2.67. The molecule has 3 atom stereocenters. The number of aromatic nitrogens is 1. The maximum atomic E-state index is 12.2. The van der Waals surface area contributed by atoms with Gasteiger partial charge in [0.25, 0.3) is 5.91 Å². The van der Waals surface area contributed by atoms with E-state index in [0.29, 0.717) is 22.7 Å². The summed E-state index contributed by atoms with van der Waals surface area (Å²) in [4.78, 5) is 16.6. The van der Waals surface area contributed by atoms with E-state index in [-0.39, 0.29) is 5.91 Å². The third-order valence-electron chi connectivity index (χ3n) is 4.52. The van der Waals surface area contributed by atoms with E-state index in [0.717, 1.165) is 16.0 Å². The topological polar surface area (TPSA) is 79.5 Å². The van der Waals surface area contributed by atoms with Crippen molar-refractivity contribution in [2.24, 2.45) is 11.0 Å². The number of hydrogen-bond donors (Lipinski definition) is 2. The van der Waals surface area contributed by atoms with E-state index in [2.05, 4.69) is 27.8 Å². The van der Waals surface area contributed by atoms with Gasteiger partial charge in [0.05, 0.1) is 16.4 Å². The molecule has 1 aromatic carbocycles. The maximum absolute atomic E-state index is 12.2. The van der Waals surface area contributed by atoms with Crippen LogP contribution in [-0.4, -0.2) is 23.1 Å². The zero-order chi connectivity index (χ0) is 18.1. The highest BCUT2D eigenvalue weighted by molar-refractivity contribution is 7.22. The summed E-state index contributed by atoms with van der Waals surface area (Å²) in [5.41, 5.74) is 3.45. The molecule has 2 N–H and O–H groups in total. The molecule has 134 valence electrons. The van der Waals surface area contributed by atoms with Crippen LogP contribution in [0.2, 0.25) is 0 Å². The normalized spacial score (nSPS) is 20.4. The molecule has 0 spiro atoms. The van der Waals surface area contributed by atoms with Crippen LogP contribution in [0.15, 0.2) is 45.9 Å². The largest absolute Gasteiger partial charge is 0.460 e. The number of para-hydroxylation sites is 1. The summed E-state index contributed by atoms with van der Waals surface area (Å²) < 4.78 is 6.81. The summed E-state index contributed by atoms with van der Waals surface area (Å²) in [5.74, 6) is 2.63. The summed E-state index contributed by atoms with van der Waals surface area (Å²) in [7, 11) is 0. The molecular weight excluding hydrogens is 348 g/mol. The Morgan fingerprint density at radius 2 is 2.19 bits per heavy atom. The van der Waals surface area contributed by atoms with Gasteiger partial charge < -0.3 is 9.73 Å². The molecule has 1 saturated carbocycles. The molecule has 0 radical (unpaired) electrons. The van der Waals surface area contributed by atoms with E-state index in [9.17, 15) is 4.79 Å². The Kier molecular flexibility index (Phi) is 4.46. The van der Waals surface area contributed by atoms with Crippen LogP contribution in [0.1, 0.15) is 37.7 Å². The molecular formula is C19H20N4O2S. The van der Waals surface area contributed by atoms with Gasteiger partial charge in [-0.05, 0) is 43.5 Å². The second-order valence-corrected chi connectivity index (χ2v) is 7.68. The minimum absolute atomic E-state index is 0.233. The van der Waals surface area contributed by atoms with E-state index < -0.39 is 6.04 Å². The Morgan fingerprint density at radius 1 is 1.38 bits per heavy atom. The first-order valence-corrected chi connectivity index (χ1v) is 9.46. The smallest absolute Gasteiger partial charge is 0.262 e. The van der Waals surface area contributed by atoms with Crippen LogP contribution in [0.3, 0.4) is 0 Å². The minimum atomic E-state index is -0.452. The monoisotopic (exact) mass is 368 g/mol. The number of nitrogens with one attached hydrogen (secondary N) is 2. The summed E-state index contributed by atoms with van der Waals surface area (Å²) in [5, 5.41) is 7.81. The van der Waals surface area contributed by atoms with Crippen molar-refractivity contribution in [3.8, 4) is 0 Å². The lowest BCUT2D eigenvalue weighted by atomic mass is 10.3. The summed E-state index contributed by atoms with van der Waals surface area (Å²) in [6.45, 7) is 3.98. The number of nitrogens with zero attached hydrogens (tertiary/aromatic N) is 2. The molecule has 1 aliphatic rings. The third kappa shape index (κ3) is 3.62. The molecule has 0 aliphatic heterocycles. The molecule has 0 bridgehead atoms. The number of amides is 1. The molecule has 1 amide bonds. The first-order valence-electron chi connectivity index (χ1n) is 8.65. The Morgan fingerprint density at radius 3 is 2.96 bits per heavy atom. The lowest BCUT2D eigenvalue weighted by Crippen LogP contribution is -2.34. The van der Waals surface area contributed by atoms with Gasteiger partial charge in [-0.15, -0.1) is 0 Å². The van der Waals surface area contributed by atoms with Crippen LogP contribution < -0.4 is 10.7 Å². The van der Waals surface area contributed by atoms with E-state index >= 15 is 0 Å². The highest BCUT2D eigenvalue weighted by Crippen LogP contribution is 2.47. The van der Waals surface area contributed by atoms with E-state index in [1.54, 1.807) is 6.92 Å². The zero-order valence-electron chi connectivity index (χ0n) is 14.6. The predicted octanol–water partition coefficient (Wildman–Crippen LogP) is 3.96. The Balaban J connectivity index is 1.31. The van der Waals surface area contributed by atoms with E-state index in [1.807, 2.05) is 36.4 Å². The standard InChI is InChI=1S/C19H20N4O2S/c1-11-9-14(11)16-8-7-13(25-16)10-20-23-18(24)12(2)21-19-22-15-5-3-4-6-17(15)26-19/h3-8,10-12,14H,9H2,1-2H3,(H,21,22)(H,23,24)/b20-10-/t11-,12-,14+/m1/s1. The lowest BCUT2D eigenvalue weighted by molar-refractivity contribution is -0.121. The molecule has 3 aromatic rings. The molecule has 26 heavy (non-hydrogen) atoms. The molecule has 6 nitrogen and oxygen atoms in total. The zero-order valence-corrected chi connectivity index (χ0v) is 15.4. The number of thiazole rings is 1. The fourth-order valence-electron chi connectivity index (χ4n) is 2.80. The molecule has 7 heteroatoms. The number of carbonyl (C=O) groups excluding carboxylic acids is 1. The molecule has 2 aromatic heterocycles. The predicted molar refractivity (Wildman–Crippen MR) is 104 cm³/mol. The van der Waals surface area contributed by atoms with E-state index in [1.165, 1.54) is 24.0 Å². The SMILES string of the molecule is C[C@@H]1C[C@@H]1c1ccc(/C=N\NC(=O)[C@@H](C)Nc2nc3ccccc3s2)o1. The number of hydrogen-bond acceptors (Lipinski definition) is 6. The van der Waals surface area contributed by atoms with Crippen LogP contribution in [0.4, 0.5) is 5.13 Å². The van der Waals surface area contributed by atoms with Gasteiger partial charge in [0.2, 0.25) is 0 Å². The number of benzene rings is 1. The van der Waals surface area contributed by atoms with Crippen molar-refractivity contribution in [2.75, 3.05) is 5.32 Å². The number of anilines is 1. The van der Waals surface area contributed by atoms with Gasteiger partial charge in [-0.3, -0.25) is 4.79 Å². The maximum Gasteiger partial charge on any atom is 0.262 e. The highest BCUT2D eigenvalue weighted by atomic mass is 32.1. The lowest BCUT2D eigenvalue weighted by Gasteiger charge is -2.10. The van der Waals surface area contributed by atoms with Gasteiger partial charge in [-0.2, -0.15) is 5.10 Å². The average Bonchev–Trinajstić information content (AvgIpc) is 3.03. The Bertz CT molecular complexity index is 928. The number of fused-ring (bicyclic) bond motifs is 1. The number of hydrazone groups is 1. The number of furan rings is 1. The van der Waals surface area contributed by atoms with Gasteiger partial charge in [-0.25, -0.2) is 10.4 Å². The van der Waals surface area contributed by atoms with Crippen molar-refractivity contribution < 1.29 is 9.21 Å². The minimum Gasteiger partial charge on any atom is -0.460 e. The van der Waals surface area contributed by atoms with Crippen molar-refractivity contribution in [1.29, 1.82) is 0 Å². The second-order valence-electron chi connectivity index (χ2n) is 6.65. The van der Waals surface area contributed by atoms with Crippen molar-refractivity contribution in [3.63, 3.8) is 0 Å². The fourth-order valence-corrected chi connectivity index (χ4v) is 3.75. The molecule has 1 fully saturated rings. The van der Waals surface area contributed by atoms with Crippen LogP contribution in [0.5, 0.6) is 0 Å².